The number of ether oxygens (including phenoxy) is 1. The lowest BCUT2D eigenvalue weighted by Gasteiger charge is -2.32. The number of anilines is 2. The van der Waals surface area contributed by atoms with Gasteiger partial charge in [-0.2, -0.15) is 0 Å². The third kappa shape index (κ3) is 7.49. The molecule has 1 aliphatic heterocycles. The molecule has 1 amide bonds. The van der Waals surface area contributed by atoms with Crippen molar-refractivity contribution in [2.45, 2.75) is 65.6 Å². The van der Waals surface area contributed by atoms with E-state index in [2.05, 4.69) is 29.4 Å². The summed E-state index contributed by atoms with van der Waals surface area (Å²) in [6, 6.07) is 15.7. The van der Waals surface area contributed by atoms with Gasteiger partial charge in [-0.1, -0.05) is 31.2 Å². The van der Waals surface area contributed by atoms with Crippen molar-refractivity contribution in [2.24, 2.45) is 5.73 Å². The van der Waals surface area contributed by atoms with Crippen molar-refractivity contribution in [3.05, 3.63) is 71.6 Å². The molecule has 0 radical (unpaired) electrons. The van der Waals surface area contributed by atoms with Crippen LogP contribution in [0.2, 0.25) is 0 Å². The zero-order chi connectivity index (χ0) is 29.6. The van der Waals surface area contributed by atoms with Crippen LogP contribution in [0.3, 0.4) is 0 Å². The summed E-state index contributed by atoms with van der Waals surface area (Å²) in [5.74, 6) is 1.78. The Morgan fingerprint density at radius 3 is 2.61 bits per heavy atom. The lowest BCUT2D eigenvalue weighted by atomic mass is 10.0. The molecule has 0 fully saturated rings. The number of benzene rings is 2. The van der Waals surface area contributed by atoms with Gasteiger partial charge in [0, 0.05) is 65.9 Å². The maximum atomic E-state index is 12.4. The van der Waals surface area contributed by atoms with E-state index in [1.807, 2.05) is 69.3 Å². The third-order valence-corrected chi connectivity index (χ3v) is 7.46. The van der Waals surface area contributed by atoms with E-state index in [1.54, 1.807) is 0 Å². The highest BCUT2D eigenvalue weighted by atomic mass is 16.5. The zero-order valence-electron chi connectivity index (χ0n) is 24.6. The van der Waals surface area contributed by atoms with Crippen molar-refractivity contribution in [3.8, 4) is 17.1 Å². The van der Waals surface area contributed by atoms with Gasteiger partial charge >= 0.3 is 0 Å². The van der Waals surface area contributed by atoms with Crippen LogP contribution in [-0.2, 0) is 17.8 Å². The van der Waals surface area contributed by atoms with Crippen molar-refractivity contribution >= 4 is 29.2 Å². The van der Waals surface area contributed by atoms with E-state index in [9.17, 15) is 4.79 Å². The molecule has 0 unspecified atom stereocenters. The number of carbonyl (C=O) groups excluding carboxylic acids is 1. The van der Waals surface area contributed by atoms with Gasteiger partial charge in [-0.05, 0) is 63.9 Å². The Balaban J connectivity index is 1.62. The summed E-state index contributed by atoms with van der Waals surface area (Å²) in [6.07, 6.45) is 4.32. The van der Waals surface area contributed by atoms with E-state index in [0.717, 1.165) is 59.8 Å². The highest BCUT2D eigenvalue weighted by Crippen LogP contribution is 2.31. The summed E-state index contributed by atoms with van der Waals surface area (Å²) in [4.78, 5) is 24.8. The Kier molecular flexibility index (Phi) is 9.39. The third-order valence-electron chi connectivity index (χ3n) is 7.46. The van der Waals surface area contributed by atoms with Crippen molar-refractivity contribution in [2.75, 3.05) is 18.5 Å². The predicted octanol–water partition coefficient (Wildman–Crippen LogP) is 5.29. The van der Waals surface area contributed by atoms with Crippen LogP contribution in [0.4, 0.5) is 11.5 Å². The van der Waals surface area contributed by atoms with Crippen LogP contribution in [-0.4, -0.2) is 51.7 Å². The molecule has 9 nitrogen and oxygen atoms in total. The van der Waals surface area contributed by atoms with Crippen molar-refractivity contribution in [3.63, 3.8) is 0 Å². The summed E-state index contributed by atoms with van der Waals surface area (Å²) in [5.41, 5.74) is 10.7. The van der Waals surface area contributed by atoms with Gasteiger partial charge in [-0.15, -0.1) is 0 Å². The summed E-state index contributed by atoms with van der Waals surface area (Å²) in [7, 11) is 0. The second-order valence-corrected chi connectivity index (χ2v) is 11.2. The van der Waals surface area contributed by atoms with E-state index < -0.39 is 0 Å². The average molecular weight is 556 g/mol. The van der Waals surface area contributed by atoms with Crippen LogP contribution in [0.1, 0.15) is 57.9 Å². The van der Waals surface area contributed by atoms with E-state index in [-0.39, 0.29) is 18.1 Å². The summed E-state index contributed by atoms with van der Waals surface area (Å²) in [6.45, 7) is 12.0. The molecule has 0 saturated carbocycles. The normalized spacial score (nSPS) is 14.0. The molecule has 41 heavy (non-hydrogen) atoms. The number of rotatable bonds is 11. The summed E-state index contributed by atoms with van der Waals surface area (Å²) < 4.78 is 5.83. The molecule has 0 spiro atoms. The molecule has 4 rings (SSSR count). The first-order valence-electron chi connectivity index (χ1n) is 14.1. The maximum Gasteiger partial charge on any atom is 0.258 e. The van der Waals surface area contributed by atoms with Crippen LogP contribution in [0, 0.1) is 5.41 Å². The van der Waals surface area contributed by atoms with Crippen LogP contribution in [0.15, 0.2) is 54.7 Å². The Morgan fingerprint density at radius 1 is 1.20 bits per heavy atom. The Hall–Kier alpha value is -4.24. The monoisotopic (exact) mass is 555 g/mol. The van der Waals surface area contributed by atoms with Crippen molar-refractivity contribution in [1.82, 2.24) is 20.2 Å². The number of amides is 1. The summed E-state index contributed by atoms with van der Waals surface area (Å²) in [5, 5.41) is 14.1. The van der Waals surface area contributed by atoms with E-state index >= 15 is 0 Å². The molecule has 0 atom stereocenters. The fourth-order valence-corrected chi connectivity index (χ4v) is 4.59. The van der Waals surface area contributed by atoms with Gasteiger partial charge in [-0.25, -0.2) is 9.97 Å². The molecule has 1 aliphatic rings. The zero-order valence-corrected chi connectivity index (χ0v) is 24.6. The number of nitrogens with two attached hydrogens (primary N) is 1. The van der Waals surface area contributed by atoms with Gasteiger partial charge in [-0.3, -0.25) is 9.69 Å². The molecule has 216 valence electrons. The second-order valence-electron chi connectivity index (χ2n) is 11.2. The Labute approximate surface area is 242 Å². The number of carbonyl (C=O) groups is 1. The highest BCUT2D eigenvalue weighted by molar-refractivity contribution is 6.08. The molecule has 0 aliphatic carbocycles. The van der Waals surface area contributed by atoms with E-state index in [4.69, 9.17) is 25.8 Å². The molecule has 0 bridgehead atoms. The van der Waals surface area contributed by atoms with Crippen LogP contribution in [0.25, 0.3) is 17.0 Å². The van der Waals surface area contributed by atoms with Crippen LogP contribution in [0.5, 0.6) is 5.75 Å². The van der Waals surface area contributed by atoms with Crippen molar-refractivity contribution in [1.29, 1.82) is 5.41 Å². The molecule has 0 saturated heterocycles. The van der Waals surface area contributed by atoms with Gasteiger partial charge in [0.25, 0.3) is 5.91 Å². The minimum atomic E-state index is -0.280. The molecule has 2 heterocycles. The molecule has 1 aromatic heterocycles. The number of hydrogen-bond donors (Lipinski definition) is 4. The minimum absolute atomic E-state index is 0.0647. The first-order valence-corrected chi connectivity index (χ1v) is 14.1. The number of hydrogen-bond acceptors (Lipinski definition) is 8. The highest BCUT2D eigenvalue weighted by Gasteiger charge is 2.25. The van der Waals surface area contributed by atoms with Gasteiger partial charge in [0.2, 0.25) is 0 Å². The van der Waals surface area contributed by atoms with Crippen LogP contribution >= 0.6 is 0 Å². The lowest BCUT2D eigenvalue weighted by molar-refractivity contribution is -0.124. The number of nitrogens with zero attached hydrogens (tertiary/aromatic N) is 3. The lowest BCUT2D eigenvalue weighted by Crippen LogP contribution is -2.44. The fraction of sp³-hybridized carbons (Fsp3) is 0.375. The SMILES string of the molecule is CCC(C)(C)NC(=O)COc1cccc(-c2nc3c(c(Nc4ccc(/C(C=N)=C/N)cc4)n2)CN(C(C)C)CC3)c1. The largest absolute Gasteiger partial charge is 0.484 e. The van der Waals surface area contributed by atoms with Crippen LogP contribution < -0.4 is 21.1 Å². The van der Waals surface area contributed by atoms with E-state index in [1.165, 1.54) is 12.4 Å². The minimum Gasteiger partial charge on any atom is -0.484 e. The molecule has 5 N–H and O–H groups in total. The predicted molar refractivity (Wildman–Crippen MR) is 165 cm³/mol. The molecule has 2 aromatic carbocycles. The molecule has 3 aromatic rings. The van der Waals surface area contributed by atoms with E-state index in [0.29, 0.717) is 23.2 Å². The Bertz CT molecular complexity index is 1410. The standard InChI is InChI=1S/C32H41N7O2/c1-6-32(4,5)38-29(40)20-41-26-9-7-8-23(16-26)30-36-28-14-15-39(21(2)3)19-27(28)31(37-30)35-25-12-10-22(11-13-25)24(17-33)18-34/h7-13,16-18,21,33H,6,14-15,19-20,34H2,1-5H3,(H,38,40)(H,35,36,37)/b24-18+,33-17?. The van der Waals surface area contributed by atoms with Crippen molar-refractivity contribution < 1.29 is 9.53 Å². The Morgan fingerprint density at radius 2 is 1.95 bits per heavy atom. The number of aromatic nitrogens is 2. The van der Waals surface area contributed by atoms with Gasteiger partial charge in [0.15, 0.2) is 12.4 Å². The number of allylic oxidation sites excluding steroid dienone is 1. The molecule has 9 heteroatoms. The van der Waals surface area contributed by atoms with Gasteiger partial charge in [0.05, 0.1) is 5.69 Å². The quantitative estimate of drug-likeness (QED) is 0.237. The first-order chi connectivity index (χ1) is 19.6. The first kappa shape index (κ1) is 29.7. The average Bonchev–Trinajstić information content (AvgIpc) is 2.97. The smallest absolute Gasteiger partial charge is 0.258 e. The fourth-order valence-electron chi connectivity index (χ4n) is 4.59. The topological polar surface area (TPSA) is 129 Å². The van der Waals surface area contributed by atoms with Gasteiger partial charge in [0.1, 0.15) is 11.6 Å². The summed E-state index contributed by atoms with van der Waals surface area (Å²) >= 11 is 0. The number of nitrogens with one attached hydrogen (secondary N) is 3. The molecular formula is C32H41N7O2. The maximum absolute atomic E-state index is 12.4. The van der Waals surface area contributed by atoms with Gasteiger partial charge < -0.3 is 26.5 Å². The second kappa shape index (κ2) is 13.0. The molecular weight excluding hydrogens is 514 g/mol. The number of fused-ring (bicyclic) bond motifs is 1.